The Labute approximate surface area is 131 Å². The molecule has 1 aromatic heterocycles. The van der Waals surface area contributed by atoms with Crippen molar-refractivity contribution in [2.24, 2.45) is 4.99 Å². The lowest BCUT2D eigenvalue weighted by Gasteiger charge is -2.11. The highest BCUT2D eigenvalue weighted by Gasteiger charge is 2.26. The Morgan fingerprint density at radius 1 is 1.35 bits per heavy atom. The number of alkyl halides is 3. The second kappa shape index (κ2) is 8.97. The fourth-order valence-corrected chi connectivity index (χ4v) is 1.22. The molecule has 1 heterocycles. The van der Waals surface area contributed by atoms with E-state index in [0.717, 1.165) is 0 Å². The Balaban J connectivity index is 0.00000361. The molecule has 20 heavy (non-hydrogen) atoms. The molecule has 0 fully saturated rings. The van der Waals surface area contributed by atoms with Crippen LogP contribution in [0.15, 0.2) is 9.52 Å². The van der Waals surface area contributed by atoms with Gasteiger partial charge in [0.1, 0.15) is 6.54 Å². The Kier molecular flexibility index (Phi) is 8.49. The lowest BCUT2D eigenvalue weighted by atomic mass is 10.4. The van der Waals surface area contributed by atoms with E-state index in [1.807, 2.05) is 6.92 Å². The van der Waals surface area contributed by atoms with Gasteiger partial charge in [0.2, 0.25) is 5.89 Å². The van der Waals surface area contributed by atoms with E-state index in [1.165, 1.54) is 0 Å². The average molecular weight is 407 g/mol. The van der Waals surface area contributed by atoms with Gasteiger partial charge in [0, 0.05) is 13.1 Å². The SMILES string of the molecule is CCNC(=NCc1nc(C)no1)NCCC(F)(F)F.I. The van der Waals surface area contributed by atoms with Gasteiger partial charge in [-0.3, -0.25) is 0 Å². The van der Waals surface area contributed by atoms with Gasteiger partial charge in [-0.1, -0.05) is 5.16 Å². The minimum absolute atomic E-state index is 0. The summed E-state index contributed by atoms with van der Waals surface area (Å²) in [6.45, 7) is 3.91. The van der Waals surface area contributed by atoms with Gasteiger partial charge in [0.05, 0.1) is 6.42 Å². The van der Waals surface area contributed by atoms with Crippen molar-refractivity contribution in [1.82, 2.24) is 20.8 Å². The predicted octanol–water partition coefficient (Wildman–Crippen LogP) is 2.00. The first kappa shape index (κ1) is 18.9. The molecule has 0 amide bonds. The molecule has 0 saturated heterocycles. The van der Waals surface area contributed by atoms with Gasteiger partial charge >= 0.3 is 6.18 Å². The number of aryl methyl sites for hydroxylation is 1. The van der Waals surface area contributed by atoms with Crippen LogP contribution in [0.3, 0.4) is 0 Å². The van der Waals surface area contributed by atoms with Crippen LogP contribution in [0.5, 0.6) is 0 Å². The standard InChI is InChI=1S/C10H16F3N5O.HI/c1-3-14-9(15-5-4-10(11,12)13)16-6-8-17-7(2)18-19-8;/h3-6H2,1-2H3,(H2,14,15,16);1H. The summed E-state index contributed by atoms with van der Waals surface area (Å²) in [5, 5.41) is 9.00. The minimum atomic E-state index is -4.19. The Morgan fingerprint density at radius 2 is 2.05 bits per heavy atom. The normalized spacial score (nSPS) is 11.9. The van der Waals surface area contributed by atoms with Crippen molar-refractivity contribution in [3.8, 4) is 0 Å². The van der Waals surface area contributed by atoms with Crippen LogP contribution in [0.1, 0.15) is 25.1 Å². The monoisotopic (exact) mass is 407 g/mol. The van der Waals surface area contributed by atoms with Crippen LogP contribution in [0.25, 0.3) is 0 Å². The highest BCUT2D eigenvalue weighted by atomic mass is 127. The molecule has 1 aromatic rings. The van der Waals surface area contributed by atoms with Crippen LogP contribution in [-0.4, -0.2) is 35.4 Å². The van der Waals surface area contributed by atoms with Gasteiger partial charge < -0.3 is 15.2 Å². The van der Waals surface area contributed by atoms with Gasteiger partial charge in [-0.05, 0) is 13.8 Å². The zero-order valence-corrected chi connectivity index (χ0v) is 13.5. The van der Waals surface area contributed by atoms with Gasteiger partial charge in [-0.25, -0.2) is 4.99 Å². The van der Waals surface area contributed by atoms with Crippen molar-refractivity contribution >= 4 is 29.9 Å². The smallest absolute Gasteiger partial charge is 0.357 e. The molecule has 0 unspecified atom stereocenters. The molecule has 0 aliphatic carbocycles. The van der Waals surface area contributed by atoms with Crippen LogP contribution in [0.4, 0.5) is 13.2 Å². The third-order valence-electron chi connectivity index (χ3n) is 1.99. The predicted molar refractivity (Wildman–Crippen MR) is 77.9 cm³/mol. The van der Waals surface area contributed by atoms with Gasteiger partial charge in [-0.2, -0.15) is 18.2 Å². The number of nitrogens with one attached hydrogen (secondary N) is 2. The van der Waals surface area contributed by atoms with Gasteiger partial charge in [-0.15, -0.1) is 24.0 Å². The molecule has 0 aromatic carbocycles. The maximum atomic E-state index is 12.0. The summed E-state index contributed by atoms with van der Waals surface area (Å²) in [5.74, 6) is 1.08. The number of hydrogen-bond acceptors (Lipinski definition) is 4. The highest BCUT2D eigenvalue weighted by molar-refractivity contribution is 14.0. The quantitative estimate of drug-likeness (QED) is 0.444. The van der Waals surface area contributed by atoms with E-state index in [0.29, 0.717) is 18.3 Å². The minimum Gasteiger partial charge on any atom is -0.357 e. The third kappa shape index (κ3) is 8.17. The number of aliphatic imine (C=N–C) groups is 1. The Morgan fingerprint density at radius 3 is 2.55 bits per heavy atom. The summed E-state index contributed by atoms with van der Waals surface area (Å²) in [4.78, 5) is 7.99. The molecule has 1 rings (SSSR count). The zero-order valence-electron chi connectivity index (χ0n) is 11.1. The van der Waals surface area contributed by atoms with Gasteiger partial charge in [0.25, 0.3) is 0 Å². The van der Waals surface area contributed by atoms with E-state index >= 15 is 0 Å². The molecule has 2 N–H and O–H groups in total. The van der Waals surface area contributed by atoms with E-state index in [4.69, 9.17) is 4.52 Å². The van der Waals surface area contributed by atoms with Crippen LogP contribution >= 0.6 is 24.0 Å². The second-order valence-electron chi connectivity index (χ2n) is 3.72. The number of aromatic nitrogens is 2. The molecule has 0 aliphatic heterocycles. The fourth-order valence-electron chi connectivity index (χ4n) is 1.22. The largest absolute Gasteiger partial charge is 0.390 e. The molecule has 0 spiro atoms. The van der Waals surface area contributed by atoms with Crippen LogP contribution in [-0.2, 0) is 6.54 Å². The van der Waals surface area contributed by atoms with Crippen molar-refractivity contribution in [2.75, 3.05) is 13.1 Å². The van der Waals surface area contributed by atoms with Crippen molar-refractivity contribution in [1.29, 1.82) is 0 Å². The van der Waals surface area contributed by atoms with Gasteiger partial charge in [0.15, 0.2) is 11.8 Å². The highest BCUT2D eigenvalue weighted by Crippen LogP contribution is 2.18. The number of rotatable bonds is 5. The molecule has 0 saturated carbocycles. The number of nitrogens with zero attached hydrogens (tertiary/aromatic N) is 3. The Bertz CT molecular complexity index is 421. The third-order valence-corrected chi connectivity index (χ3v) is 1.99. The molecule has 6 nitrogen and oxygen atoms in total. The molecular weight excluding hydrogens is 390 g/mol. The van der Waals surface area contributed by atoms with E-state index < -0.39 is 12.6 Å². The maximum absolute atomic E-state index is 12.0. The summed E-state index contributed by atoms with van der Waals surface area (Å²) >= 11 is 0. The summed E-state index contributed by atoms with van der Waals surface area (Å²) in [6.07, 6.45) is -5.11. The van der Waals surface area contributed by atoms with E-state index in [1.54, 1.807) is 6.92 Å². The number of halogens is 4. The number of hydrogen-bond donors (Lipinski definition) is 2. The van der Waals surface area contributed by atoms with Crippen molar-refractivity contribution in [3.63, 3.8) is 0 Å². The van der Waals surface area contributed by atoms with E-state index in [-0.39, 0.29) is 43.0 Å². The molecule has 0 aliphatic rings. The van der Waals surface area contributed by atoms with E-state index in [9.17, 15) is 13.2 Å². The molecule has 10 heteroatoms. The molecule has 116 valence electrons. The molecular formula is C10H17F3IN5O. The molecule has 0 bridgehead atoms. The molecule has 0 radical (unpaired) electrons. The maximum Gasteiger partial charge on any atom is 0.390 e. The van der Waals surface area contributed by atoms with Crippen molar-refractivity contribution in [2.45, 2.75) is 33.0 Å². The number of guanidine groups is 1. The van der Waals surface area contributed by atoms with E-state index in [2.05, 4.69) is 25.8 Å². The average Bonchev–Trinajstić information content (AvgIpc) is 2.70. The lowest BCUT2D eigenvalue weighted by Crippen LogP contribution is -2.38. The Hall–Kier alpha value is -1.07. The van der Waals surface area contributed by atoms with Crippen LogP contribution < -0.4 is 10.6 Å². The summed E-state index contributed by atoms with van der Waals surface area (Å²) in [7, 11) is 0. The summed E-state index contributed by atoms with van der Waals surface area (Å²) in [5.41, 5.74) is 0. The lowest BCUT2D eigenvalue weighted by molar-refractivity contribution is -0.132. The fraction of sp³-hybridized carbons (Fsp3) is 0.700. The summed E-state index contributed by atoms with van der Waals surface area (Å²) < 4.78 is 40.9. The first-order valence-electron chi connectivity index (χ1n) is 5.79. The van der Waals surface area contributed by atoms with Crippen LogP contribution in [0, 0.1) is 6.92 Å². The molecule has 0 atom stereocenters. The van der Waals surface area contributed by atoms with Crippen LogP contribution in [0.2, 0.25) is 0 Å². The van der Waals surface area contributed by atoms with Crippen molar-refractivity contribution in [3.05, 3.63) is 11.7 Å². The van der Waals surface area contributed by atoms with Crippen molar-refractivity contribution < 1.29 is 17.7 Å². The topological polar surface area (TPSA) is 75.3 Å². The first-order chi connectivity index (χ1) is 8.90. The zero-order chi connectivity index (χ0) is 14.3. The second-order valence-corrected chi connectivity index (χ2v) is 3.72. The summed E-state index contributed by atoms with van der Waals surface area (Å²) in [6, 6.07) is 0. The first-order valence-corrected chi connectivity index (χ1v) is 5.79.